The lowest BCUT2D eigenvalue weighted by Crippen LogP contribution is -2.52. The van der Waals surface area contributed by atoms with Gasteiger partial charge in [-0.3, -0.25) is 0 Å². The van der Waals surface area contributed by atoms with Gasteiger partial charge in [0.2, 0.25) is 0 Å². The summed E-state index contributed by atoms with van der Waals surface area (Å²) in [6.07, 6.45) is 0. The molecule has 0 bridgehead atoms. The first-order valence-corrected chi connectivity index (χ1v) is 10.2. The maximum Gasteiger partial charge on any atom is 0.317 e. The Morgan fingerprint density at radius 2 is 1.86 bits per heavy atom. The molecule has 1 N–H and O–H groups in total. The third-order valence-electron chi connectivity index (χ3n) is 5.01. The Kier molecular flexibility index (Phi) is 7.04. The second kappa shape index (κ2) is 9.69. The summed E-state index contributed by atoms with van der Waals surface area (Å²) in [5.74, 6) is 2.12. The third-order valence-corrected chi connectivity index (χ3v) is 5.01. The fourth-order valence-corrected chi connectivity index (χ4v) is 3.42. The maximum atomic E-state index is 12.6. The topological polar surface area (TPSA) is 70.6 Å². The number of ether oxygens (including phenoxy) is 1. The molecule has 2 amide bonds. The number of aromatic nitrogens is 2. The molecule has 2 aromatic rings. The zero-order valence-electron chi connectivity index (χ0n) is 17.8. The number of carbonyl (C=O) groups excluding carboxylic acids is 1. The minimum absolute atomic E-state index is 0.0245. The van der Waals surface area contributed by atoms with Gasteiger partial charge in [0.25, 0.3) is 0 Å². The van der Waals surface area contributed by atoms with Crippen LogP contribution < -0.4 is 10.2 Å². The molecule has 156 valence electrons. The Balaban J connectivity index is 1.53. The molecule has 0 saturated carbocycles. The monoisotopic (exact) mass is 397 g/mol. The van der Waals surface area contributed by atoms with Crippen molar-refractivity contribution < 1.29 is 9.53 Å². The van der Waals surface area contributed by atoms with E-state index < -0.39 is 0 Å². The van der Waals surface area contributed by atoms with Gasteiger partial charge in [0.15, 0.2) is 0 Å². The lowest BCUT2D eigenvalue weighted by atomic mass is 10.1. The number of carbonyl (C=O) groups is 1. The fraction of sp³-hybridized carbons (Fsp3) is 0.500. The summed E-state index contributed by atoms with van der Waals surface area (Å²) in [5.41, 5.74) is 3.16. The van der Waals surface area contributed by atoms with Gasteiger partial charge >= 0.3 is 6.03 Å². The number of urea groups is 1. The van der Waals surface area contributed by atoms with E-state index in [1.165, 1.54) is 0 Å². The van der Waals surface area contributed by atoms with Crippen LogP contribution in [0.15, 0.2) is 30.3 Å². The summed E-state index contributed by atoms with van der Waals surface area (Å²) in [6, 6.07) is 10.1. The van der Waals surface area contributed by atoms with Crippen LogP contribution in [0.3, 0.4) is 0 Å². The molecule has 0 aliphatic carbocycles. The van der Waals surface area contributed by atoms with Crippen molar-refractivity contribution in [1.82, 2.24) is 20.2 Å². The minimum Gasteiger partial charge on any atom is -0.380 e. The van der Waals surface area contributed by atoms with Crippen molar-refractivity contribution in [1.29, 1.82) is 0 Å². The Morgan fingerprint density at radius 1 is 1.14 bits per heavy atom. The number of piperazine rings is 1. The van der Waals surface area contributed by atoms with Gasteiger partial charge in [0.1, 0.15) is 11.6 Å². The molecule has 1 aliphatic heterocycles. The van der Waals surface area contributed by atoms with Gasteiger partial charge in [0, 0.05) is 57.5 Å². The molecule has 29 heavy (non-hydrogen) atoms. The average Bonchev–Trinajstić information content (AvgIpc) is 2.72. The molecule has 2 heterocycles. The SMILES string of the molecule is COCc1cccc(CNC(=O)N2CCN(c3cc(C)nc(C(C)C)n3)CC2)c1. The van der Waals surface area contributed by atoms with Crippen molar-refractivity contribution in [2.75, 3.05) is 38.2 Å². The van der Waals surface area contributed by atoms with Gasteiger partial charge in [-0.05, 0) is 18.1 Å². The van der Waals surface area contributed by atoms with Crippen LogP contribution in [0, 0.1) is 6.92 Å². The van der Waals surface area contributed by atoms with Crippen LogP contribution in [0.25, 0.3) is 0 Å². The molecule has 7 heteroatoms. The number of rotatable bonds is 6. The zero-order valence-corrected chi connectivity index (χ0v) is 17.8. The molecule has 0 spiro atoms. The highest BCUT2D eigenvalue weighted by Crippen LogP contribution is 2.18. The molecule has 3 rings (SSSR count). The van der Waals surface area contributed by atoms with E-state index in [0.29, 0.717) is 32.2 Å². The predicted molar refractivity (Wildman–Crippen MR) is 114 cm³/mol. The van der Waals surface area contributed by atoms with Crippen LogP contribution in [0.5, 0.6) is 0 Å². The van der Waals surface area contributed by atoms with Gasteiger partial charge in [-0.15, -0.1) is 0 Å². The fourth-order valence-electron chi connectivity index (χ4n) is 3.42. The predicted octanol–water partition coefficient (Wildman–Crippen LogP) is 3.09. The molecule has 1 saturated heterocycles. The molecule has 0 radical (unpaired) electrons. The lowest BCUT2D eigenvalue weighted by molar-refractivity contribution is 0.185. The summed E-state index contributed by atoms with van der Waals surface area (Å²) < 4.78 is 5.17. The lowest BCUT2D eigenvalue weighted by Gasteiger charge is -2.35. The van der Waals surface area contributed by atoms with Crippen molar-refractivity contribution in [3.63, 3.8) is 0 Å². The standard InChI is InChI=1S/C22H31N5O2/c1-16(2)21-24-17(3)12-20(25-21)26-8-10-27(11-9-26)22(28)23-14-18-6-5-7-19(13-18)15-29-4/h5-7,12-13,16H,8-11,14-15H2,1-4H3,(H,23,28). The molecular formula is C22H31N5O2. The van der Waals surface area contributed by atoms with Crippen molar-refractivity contribution in [2.45, 2.75) is 39.8 Å². The van der Waals surface area contributed by atoms with Crippen molar-refractivity contribution in [3.8, 4) is 0 Å². The summed E-state index contributed by atoms with van der Waals surface area (Å²) in [7, 11) is 1.68. The van der Waals surface area contributed by atoms with E-state index in [2.05, 4.69) is 35.1 Å². The first-order chi connectivity index (χ1) is 14.0. The van der Waals surface area contributed by atoms with Gasteiger partial charge < -0.3 is 19.9 Å². The van der Waals surface area contributed by atoms with Gasteiger partial charge in [-0.2, -0.15) is 0 Å². The number of aryl methyl sites for hydroxylation is 1. The smallest absolute Gasteiger partial charge is 0.317 e. The normalized spacial score (nSPS) is 14.4. The molecule has 1 aromatic carbocycles. The summed E-state index contributed by atoms with van der Waals surface area (Å²) in [4.78, 5) is 25.9. The van der Waals surface area contributed by atoms with E-state index >= 15 is 0 Å². The molecule has 0 unspecified atom stereocenters. The second-order valence-corrected chi connectivity index (χ2v) is 7.77. The molecule has 7 nitrogen and oxygen atoms in total. The largest absolute Gasteiger partial charge is 0.380 e. The summed E-state index contributed by atoms with van der Waals surface area (Å²) >= 11 is 0. The Bertz CT molecular complexity index is 832. The summed E-state index contributed by atoms with van der Waals surface area (Å²) in [5, 5.41) is 3.03. The van der Waals surface area contributed by atoms with E-state index in [1.807, 2.05) is 36.1 Å². The summed E-state index contributed by atoms with van der Waals surface area (Å²) in [6.45, 7) is 10.2. The third kappa shape index (κ3) is 5.67. The van der Waals surface area contributed by atoms with E-state index in [-0.39, 0.29) is 6.03 Å². The highest BCUT2D eigenvalue weighted by atomic mass is 16.5. The molecule has 1 fully saturated rings. The number of methoxy groups -OCH3 is 1. The molecular weight excluding hydrogens is 366 g/mol. The van der Waals surface area contributed by atoms with Gasteiger partial charge in [-0.1, -0.05) is 38.1 Å². The Labute approximate surface area is 173 Å². The number of hydrogen-bond donors (Lipinski definition) is 1. The Hall–Kier alpha value is -2.67. The molecule has 1 aromatic heterocycles. The molecule has 1 aliphatic rings. The van der Waals surface area contributed by atoms with Crippen LogP contribution in [0.2, 0.25) is 0 Å². The maximum absolute atomic E-state index is 12.6. The zero-order chi connectivity index (χ0) is 20.8. The second-order valence-electron chi connectivity index (χ2n) is 7.77. The van der Waals surface area contributed by atoms with Crippen molar-refractivity contribution in [2.24, 2.45) is 0 Å². The van der Waals surface area contributed by atoms with Crippen LogP contribution in [0.1, 0.15) is 42.4 Å². The number of hydrogen-bond acceptors (Lipinski definition) is 5. The van der Waals surface area contributed by atoms with Crippen LogP contribution in [0.4, 0.5) is 10.6 Å². The van der Waals surface area contributed by atoms with Crippen LogP contribution in [-0.4, -0.2) is 54.2 Å². The number of anilines is 1. The minimum atomic E-state index is -0.0245. The van der Waals surface area contributed by atoms with E-state index in [4.69, 9.17) is 9.72 Å². The van der Waals surface area contributed by atoms with Crippen molar-refractivity contribution in [3.05, 3.63) is 53.0 Å². The highest BCUT2D eigenvalue weighted by Gasteiger charge is 2.22. The number of benzene rings is 1. The quantitative estimate of drug-likeness (QED) is 0.811. The first-order valence-electron chi connectivity index (χ1n) is 10.2. The van der Waals surface area contributed by atoms with Crippen LogP contribution in [-0.2, 0) is 17.9 Å². The van der Waals surface area contributed by atoms with E-state index in [9.17, 15) is 4.79 Å². The van der Waals surface area contributed by atoms with Gasteiger partial charge in [-0.25, -0.2) is 14.8 Å². The van der Waals surface area contributed by atoms with Crippen LogP contribution >= 0.6 is 0 Å². The number of nitrogens with one attached hydrogen (secondary N) is 1. The highest BCUT2D eigenvalue weighted by molar-refractivity contribution is 5.74. The van der Waals surface area contributed by atoms with Gasteiger partial charge in [0.05, 0.1) is 6.61 Å². The molecule has 0 atom stereocenters. The van der Waals surface area contributed by atoms with Crippen molar-refractivity contribution >= 4 is 11.8 Å². The van der Waals surface area contributed by atoms with E-state index in [1.54, 1.807) is 7.11 Å². The Morgan fingerprint density at radius 3 is 2.55 bits per heavy atom. The average molecular weight is 398 g/mol. The van der Waals surface area contributed by atoms with E-state index in [0.717, 1.165) is 41.6 Å². The number of amides is 2. The first kappa shape index (κ1) is 21.0. The number of nitrogens with zero attached hydrogens (tertiary/aromatic N) is 4.